The minimum atomic E-state index is -0.190. The quantitative estimate of drug-likeness (QED) is 0.300. The lowest BCUT2D eigenvalue weighted by atomic mass is 10.1. The number of fused-ring (bicyclic) bond motifs is 2. The molecule has 2 amide bonds. The summed E-state index contributed by atoms with van der Waals surface area (Å²) >= 11 is 0. The average Bonchev–Trinajstić information content (AvgIpc) is 3.51. The molecule has 0 unspecified atom stereocenters. The number of nitrogens with one attached hydrogen (secondary N) is 1. The van der Waals surface area contributed by atoms with Gasteiger partial charge in [-0.2, -0.15) is 0 Å². The van der Waals surface area contributed by atoms with Crippen LogP contribution in [0.3, 0.4) is 0 Å². The lowest BCUT2D eigenvalue weighted by molar-refractivity contribution is -0.117. The molecule has 0 bridgehead atoms. The summed E-state index contributed by atoms with van der Waals surface area (Å²) in [6.07, 6.45) is 3.51. The zero-order valence-corrected chi connectivity index (χ0v) is 20.7. The number of likely N-dealkylation sites (N-methyl/N-ethyl adjacent to an activating group) is 1. The second-order valence-corrected chi connectivity index (χ2v) is 8.65. The molecule has 2 heterocycles. The first-order valence-electron chi connectivity index (χ1n) is 11.7. The van der Waals surface area contributed by atoms with E-state index in [2.05, 4.69) is 5.32 Å². The van der Waals surface area contributed by atoms with Gasteiger partial charge in [0.2, 0.25) is 11.8 Å². The molecule has 5 aromatic rings. The maximum Gasteiger partial charge on any atom is 0.231 e. The highest BCUT2D eigenvalue weighted by atomic mass is 16.5. The Morgan fingerprint density at radius 1 is 0.811 bits per heavy atom. The average molecular weight is 499 g/mol. The highest BCUT2D eigenvalue weighted by Gasteiger charge is 2.17. The molecule has 0 aliphatic heterocycles. The molecule has 0 atom stereocenters. The van der Waals surface area contributed by atoms with Gasteiger partial charge >= 0.3 is 0 Å². The summed E-state index contributed by atoms with van der Waals surface area (Å²) in [5, 5.41) is 4.64. The minimum absolute atomic E-state index is 0.109. The van der Waals surface area contributed by atoms with Gasteiger partial charge in [-0.1, -0.05) is 6.07 Å². The number of anilines is 2. The van der Waals surface area contributed by atoms with Gasteiger partial charge in [-0.3, -0.25) is 9.59 Å². The van der Waals surface area contributed by atoms with Crippen LogP contribution in [0, 0.1) is 0 Å². The van der Waals surface area contributed by atoms with E-state index in [1.54, 1.807) is 69.0 Å². The highest BCUT2D eigenvalue weighted by molar-refractivity contribution is 5.99. The van der Waals surface area contributed by atoms with Crippen molar-refractivity contribution in [2.45, 2.75) is 12.8 Å². The van der Waals surface area contributed by atoms with E-state index in [1.165, 1.54) is 0 Å². The number of nitrogens with zero attached hydrogens (tertiary/aromatic N) is 1. The van der Waals surface area contributed by atoms with Gasteiger partial charge in [-0.05, 0) is 42.5 Å². The molecule has 37 heavy (non-hydrogen) atoms. The van der Waals surface area contributed by atoms with Crippen LogP contribution in [0.1, 0.15) is 11.1 Å². The number of ether oxygens (including phenoxy) is 2. The van der Waals surface area contributed by atoms with Crippen molar-refractivity contribution in [3.8, 4) is 11.5 Å². The molecule has 0 aliphatic rings. The van der Waals surface area contributed by atoms with Crippen LogP contribution < -0.4 is 19.7 Å². The summed E-state index contributed by atoms with van der Waals surface area (Å²) in [6, 6.07) is 18.2. The first-order chi connectivity index (χ1) is 17.9. The lowest BCUT2D eigenvalue weighted by Gasteiger charge is -2.18. The van der Waals surface area contributed by atoms with Crippen LogP contribution in [-0.4, -0.2) is 33.1 Å². The van der Waals surface area contributed by atoms with Gasteiger partial charge in [0.1, 0.15) is 22.7 Å². The predicted octanol–water partition coefficient (Wildman–Crippen LogP) is 5.58. The number of hydrogen-bond donors (Lipinski definition) is 1. The van der Waals surface area contributed by atoms with E-state index in [0.29, 0.717) is 34.0 Å². The Morgan fingerprint density at radius 3 is 2.00 bits per heavy atom. The molecule has 2 aromatic heterocycles. The Balaban J connectivity index is 1.25. The summed E-state index contributed by atoms with van der Waals surface area (Å²) in [7, 11) is 4.90. The van der Waals surface area contributed by atoms with Crippen LogP contribution in [0.5, 0.6) is 11.5 Å². The van der Waals surface area contributed by atoms with Gasteiger partial charge in [-0.25, -0.2) is 0 Å². The number of amides is 2. The second-order valence-electron chi connectivity index (χ2n) is 8.65. The molecular weight excluding hydrogens is 472 g/mol. The third kappa shape index (κ3) is 4.99. The van der Waals surface area contributed by atoms with Crippen LogP contribution in [0.15, 0.2) is 82.0 Å². The number of rotatable bonds is 8. The zero-order chi connectivity index (χ0) is 25.9. The molecule has 0 aliphatic carbocycles. The fourth-order valence-corrected chi connectivity index (χ4v) is 4.25. The summed E-state index contributed by atoms with van der Waals surface area (Å²) in [5.74, 6) is 1.08. The Morgan fingerprint density at radius 2 is 1.41 bits per heavy atom. The van der Waals surface area contributed by atoms with E-state index in [9.17, 15) is 9.59 Å². The molecule has 0 saturated carbocycles. The zero-order valence-electron chi connectivity index (χ0n) is 20.7. The molecule has 5 rings (SSSR count). The molecule has 0 fully saturated rings. The molecule has 1 N–H and O–H groups in total. The van der Waals surface area contributed by atoms with Gasteiger partial charge in [0, 0.05) is 52.5 Å². The van der Waals surface area contributed by atoms with Crippen LogP contribution in [-0.2, 0) is 22.4 Å². The predicted molar refractivity (Wildman–Crippen MR) is 141 cm³/mol. The van der Waals surface area contributed by atoms with Crippen molar-refractivity contribution in [3.63, 3.8) is 0 Å². The summed E-state index contributed by atoms with van der Waals surface area (Å²) in [6.45, 7) is 0. The number of benzene rings is 3. The van der Waals surface area contributed by atoms with Crippen molar-refractivity contribution in [1.82, 2.24) is 0 Å². The molecule has 0 radical (unpaired) electrons. The molecule has 0 saturated heterocycles. The van der Waals surface area contributed by atoms with Crippen LogP contribution in [0.25, 0.3) is 21.9 Å². The Kier molecular flexibility index (Phi) is 6.55. The smallest absolute Gasteiger partial charge is 0.231 e. The molecule has 8 nitrogen and oxygen atoms in total. The van der Waals surface area contributed by atoms with Crippen LogP contribution in [0.4, 0.5) is 11.4 Å². The van der Waals surface area contributed by atoms with E-state index in [0.717, 1.165) is 21.9 Å². The fraction of sp³-hybridized carbons (Fsp3) is 0.172. The van der Waals surface area contributed by atoms with Crippen molar-refractivity contribution in [1.29, 1.82) is 0 Å². The SMILES string of the molecule is COc1ccc2c(CC(=O)Nc3cccc(N(C)C(=O)Cc4coc5cc(OC)ccc45)c3)coc2c1. The minimum Gasteiger partial charge on any atom is -0.497 e. The number of carbonyl (C=O) groups excluding carboxylic acids is 2. The topological polar surface area (TPSA) is 94.2 Å². The molecule has 8 heteroatoms. The van der Waals surface area contributed by atoms with Gasteiger partial charge in [0.25, 0.3) is 0 Å². The van der Waals surface area contributed by atoms with Gasteiger partial charge in [0.15, 0.2) is 0 Å². The monoisotopic (exact) mass is 498 g/mol. The normalized spacial score (nSPS) is 11.0. The maximum absolute atomic E-state index is 13.0. The van der Waals surface area contributed by atoms with E-state index in [1.807, 2.05) is 30.3 Å². The number of methoxy groups -OCH3 is 2. The second kappa shape index (κ2) is 10.1. The first-order valence-corrected chi connectivity index (χ1v) is 11.7. The van der Waals surface area contributed by atoms with Crippen molar-refractivity contribution >= 4 is 45.1 Å². The number of furan rings is 2. The van der Waals surface area contributed by atoms with Crippen LogP contribution in [0.2, 0.25) is 0 Å². The van der Waals surface area contributed by atoms with Gasteiger partial charge in [0.05, 0.1) is 39.6 Å². The van der Waals surface area contributed by atoms with Crippen molar-refractivity contribution in [2.75, 3.05) is 31.5 Å². The fourth-order valence-electron chi connectivity index (χ4n) is 4.25. The third-order valence-corrected chi connectivity index (χ3v) is 6.31. The van der Waals surface area contributed by atoms with E-state index in [-0.39, 0.29) is 24.7 Å². The van der Waals surface area contributed by atoms with E-state index >= 15 is 0 Å². The number of hydrogen-bond acceptors (Lipinski definition) is 6. The van der Waals surface area contributed by atoms with E-state index in [4.69, 9.17) is 18.3 Å². The Hall–Kier alpha value is -4.72. The van der Waals surface area contributed by atoms with Crippen molar-refractivity contribution in [2.24, 2.45) is 0 Å². The largest absolute Gasteiger partial charge is 0.497 e. The Bertz CT molecular complexity index is 1600. The summed E-state index contributed by atoms with van der Waals surface area (Å²) in [5.41, 5.74) is 4.16. The molecule has 188 valence electrons. The standard InChI is InChI=1S/C29H26N2O6/c1-31(29(33)12-19-17-37-27-15-23(35-3)8-10-25(19)27)21-6-4-5-20(13-21)30-28(32)11-18-16-36-26-14-22(34-2)7-9-24(18)26/h4-10,13-17H,11-12H2,1-3H3,(H,30,32). The lowest BCUT2D eigenvalue weighted by Crippen LogP contribution is -2.27. The van der Waals surface area contributed by atoms with E-state index < -0.39 is 0 Å². The van der Waals surface area contributed by atoms with Crippen molar-refractivity contribution < 1.29 is 27.9 Å². The first kappa shape index (κ1) is 24.0. The van der Waals surface area contributed by atoms with Crippen molar-refractivity contribution in [3.05, 3.63) is 84.3 Å². The molecule has 3 aromatic carbocycles. The Labute approximate surface area is 213 Å². The third-order valence-electron chi connectivity index (χ3n) is 6.31. The van der Waals surface area contributed by atoms with Gasteiger partial charge in [-0.15, -0.1) is 0 Å². The maximum atomic E-state index is 13.0. The summed E-state index contributed by atoms with van der Waals surface area (Å²) < 4.78 is 21.6. The van der Waals surface area contributed by atoms with Crippen LogP contribution >= 0.6 is 0 Å². The molecule has 0 spiro atoms. The van der Waals surface area contributed by atoms with Gasteiger partial charge < -0.3 is 28.5 Å². The summed E-state index contributed by atoms with van der Waals surface area (Å²) in [4.78, 5) is 27.4. The number of carbonyl (C=O) groups is 2. The molecular formula is C29H26N2O6. The highest BCUT2D eigenvalue weighted by Crippen LogP contribution is 2.28.